The number of hydrogen-bond acceptors (Lipinski definition) is 5. The van der Waals surface area contributed by atoms with Crippen molar-refractivity contribution in [3.63, 3.8) is 0 Å². The molecule has 25 heavy (non-hydrogen) atoms. The van der Waals surface area contributed by atoms with Crippen LogP contribution in [0.2, 0.25) is 0 Å². The lowest BCUT2D eigenvalue weighted by atomic mass is 10.0. The van der Waals surface area contributed by atoms with Gasteiger partial charge in [0, 0.05) is 6.42 Å². The minimum absolute atomic E-state index is 0.0245. The molecule has 138 valence electrons. The Morgan fingerprint density at radius 1 is 1.32 bits per heavy atom. The summed E-state index contributed by atoms with van der Waals surface area (Å²) in [6.45, 7) is 3.87. The number of esters is 1. The number of likely N-dealkylation sites (tertiary alicyclic amines) is 1. The van der Waals surface area contributed by atoms with E-state index in [4.69, 9.17) is 9.47 Å². The topological polar surface area (TPSA) is 76.1 Å². The number of carbonyl (C=O) groups is 2. The summed E-state index contributed by atoms with van der Waals surface area (Å²) >= 11 is 0. The fourth-order valence-corrected chi connectivity index (χ4v) is 2.60. The zero-order chi connectivity index (χ0) is 18.7. The molecule has 0 spiro atoms. The molecule has 1 amide bonds. The lowest BCUT2D eigenvalue weighted by Gasteiger charge is -2.27. The van der Waals surface area contributed by atoms with Gasteiger partial charge in [0.1, 0.15) is 18.2 Å². The molecule has 1 aromatic carbocycles. The van der Waals surface area contributed by atoms with Gasteiger partial charge in [-0.3, -0.25) is 4.90 Å². The van der Waals surface area contributed by atoms with Gasteiger partial charge in [0.15, 0.2) is 5.67 Å². The normalized spacial score (nSPS) is 23.4. The van der Waals surface area contributed by atoms with E-state index in [1.807, 2.05) is 18.2 Å². The Kier molecular flexibility index (Phi) is 5.67. The van der Waals surface area contributed by atoms with Crippen molar-refractivity contribution in [1.29, 1.82) is 0 Å². The molecule has 0 aliphatic carbocycles. The van der Waals surface area contributed by atoms with Crippen LogP contribution in [0.4, 0.5) is 9.18 Å². The molecule has 1 fully saturated rings. The number of rotatable bonds is 4. The number of nitrogens with zero attached hydrogens (tertiary/aromatic N) is 1. The summed E-state index contributed by atoms with van der Waals surface area (Å²) in [6, 6.07) is 7.91. The number of amides is 1. The molecule has 0 unspecified atom stereocenters. The van der Waals surface area contributed by atoms with Crippen molar-refractivity contribution in [2.45, 2.75) is 51.1 Å². The van der Waals surface area contributed by atoms with Gasteiger partial charge in [-0.1, -0.05) is 30.3 Å². The van der Waals surface area contributed by atoms with Gasteiger partial charge in [-0.05, 0) is 26.3 Å². The summed E-state index contributed by atoms with van der Waals surface area (Å²) in [7, 11) is 0. The van der Waals surface area contributed by atoms with E-state index in [0.717, 1.165) is 10.5 Å². The first-order valence-corrected chi connectivity index (χ1v) is 8.13. The van der Waals surface area contributed by atoms with Crippen molar-refractivity contribution in [2.75, 3.05) is 13.2 Å². The fourth-order valence-electron chi connectivity index (χ4n) is 2.60. The quantitative estimate of drug-likeness (QED) is 0.842. The van der Waals surface area contributed by atoms with E-state index in [1.165, 1.54) is 0 Å². The number of aliphatic hydroxyl groups is 1. The minimum atomic E-state index is -2.05. The summed E-state index contributed by atoms with van der Waals surface area (Å²) in [4.78, 5) is 25.7. The third kappa shape index (κ3) is 5.16. The first-order chi connectivity index (χ1) is 11.6. The van der Waals surface area contributed by atoms with Gasteiger partial charge >= 0.3 is 12.1 Å². The van der Waals surface area contributed by atoms with E-state index in [1.54, 1.807) is 32.9 Å². The Hall–Kier alpha value is -2.15. The van der Waals surface area contributed by atoms with Crippen molar-refractivity contribution in [3.8, 4) is 0 Å². The molecule has 0 saturated carbocycles. The highest BCUT2D eigenvalue weighted by molar-refractivity contribution is 5.82. The van der Waals surface area contributed by atoms with E-state index in [0.29, 0.717) is 0 Å². The molecular formula is C18H24FNO5. The van der Waals surface area contributed by atoms with Crippen LogP contribution in [0.25, 0.3) is 0 Å². The predicted molar refractivity (Wildman–Crippen MR) is 88.5 cm³/mol. The molecule has 7 heteroatoms. The molecule has 0 bridgehead atoms. The van der Waals surface area contributed by atoms with E-state index in [2.05, 4.69) is 0 Å². The molecule has 2 atom stereocenters. The third-order valence-electron chi connectivity index (χ3n) is 3.80. The molecule has 1 N–H and O–H groups in total. The van der Waals surface area contributed by atoms with Crippen LogP contribution in [-0.4, -0.2) is 52.5 Å². The molecule has 2 rings (SSSR count). The van der Waals surface area contributed by atoms with Crippen LogP contribution in [0, 0.1) is 0 Å². The first-order valence-electron chi connectivity index (χ1n) is 8.13. The second-order valence-electron chi connectivity index (χ2n) is 7.23. The number of aliphatic hydroxyl groups excluding tert-OH is 1. The van der Waals surface area contributed by atoms with Crippen LogP contribution in [-0.2, 0) is 20.9 Å². The van der Waals surface area contributed by atoms with Crippen LogP contribution in [0.15, 0.2) is 30.3 Å². The second kappa shape index (κ2) is 7.39. The fraction of sp³-hybridized carbons (Fsp3) is 0.556. The summed E-state index contributed by atoms with van der Waals surface area (Å²) in [5.41, 5.74) is -2.05. The standard InChI is InChI=1S/C18H24FNO5/c1-17(2,3)25-16(23)20-11-18(19,12-21)9-14(20)15(22)24-10-13-7-5-4-6-8-13/h4-8,14,21H,9-12H2,1-3H3/t14-,18-/m0/s1. The van der Waals surface area contributed by atoms with E-state index < -0.39 is 42.5 Å². The molecule has 1 aliphatic heterocycles. The van der Waals surface area contributed by atoms with Gasteiger partial charge in [-0.2, -0.15) is 0 Å². The summed E-state index contributed by atoms with van der Waals surface area (Å²) in [5.74, 6) is -0.720. The molecule has 0 aromatic heterocycles. The largest absolute Gasteiger partial charge is 0.459 e. The zero-order valence-corrected chi connectivity index (χ0v) is 14.7. The highest BCUT2D eigenvalue weighted by Crippen LogP contribution is 2.32. The zero-order valence-electron chi connectivity index (χ0n) is 14.7. The Labute approximate surface area is 146 Å². The van der Waals surface area contributed by atoms with Crippen LogP contribution in [0.5, 0.6) is 0 Å². The maximum absolute atomic E-state index is 14.6. The highest BCUT2D eigenvalue weighted by atomic mass is 19.1. The van der Waals surface area contributed by atoms with E-state index >= 15 is 0 Å². The summed E-state index contributed by atoms with van der Waals surface area (Å²) < 4.78 is 25.0. The third-order valence-corrected chi connectivity index (χ3v) is 3.80. The summed E-state index contributed by atoms with van der Waals surface area (Å²) in [5, 5.41) is 9.26. The molecule has 1 aromatic rings. The predicted octanol–water partition coefficient (Wildman–Crippen LogP) is 2.44. The second-order valence-corrected chi connectivity index (χ2v) is 7.23. The smallest absolute Gasteiger partial charge is 0.411 e. The molecular weight excluding hydrogens is 329 g/mol. The lowest BCUT2D eigenvalue weighted by Crippen LogP contribution is -2.44. The van der Waals surface area contributed by atoms with E-state index in [9.17, 15) is 19.1 Å². The number of alkyl halides is 1. The first kappa shape index (κ1) is 19.2. The Morgan fingerprint density at radius 3 is 2.52 bits per heavy atom. The number of hydrogen-bond donors (Lipinski definition) is 1. The van der Waals surface area contributed by atoms with Crippen molar-refractivity contribution < 1.29 is 28.6 Å². The highest BCUT2D eigenvalue weighted by Gasteiger charge is 2.51. The number of carbonyl (C=O) groups excluding carboxylic acids is 2. The van der Waals surface area contributed by atoms with Gasteiger partial charge in [-0.25, -0.2) is 14.0 Å². The number of halogens is 1. The number of benzene rings is 1. The van der Waals surface area contributed by atoms with Gasteiger partial charge < -0.3 is 14.6 Å². The average Bonchev–Trinajstić information content (AvgIpc) is 2.91. The van der Waals surface area contributed by atoms with Crippen molar-refractivity contribution in [3.05, 3.63) is 35.9 Å². The van der Waals surface area contributed by atoms with Crippen molar-refractivity contribution in [2.24, 2.45) is 0 Å². The van der Waals surface area contributed by atoms with Crippen LogP contribution in [0.3, 0.4) is 0 Å². The lowest BCUT2D eigenvalue weighted by molar-refractivity contribution is -0.150. The van der Waals surface area contributed by atoms with Crippen LogP contribution >= 0.6 is 0 Å². The molecule has 1 saturated heterocycles. The van der Waals surface area contributed by atoms with Gasteiger partial charge in [0.2, 0.25) is 0 Å². The molecule has 1 aliphatic rings. The molecule has 1 heterocycles. The molecule has 0 radical (unpaired) electrons. The van der Waals surface area contributed by atoms with Crippen molar-refractivity contribution >= 4 is 12.1 Å². The Balaban J connectivity index is 2.08. The number of ether oxygens (including phenoxy) is 2. The van der Waals surface area contributed by atoms with Crippen LogP contribution < -0.4 is 0 Å². The van der Waals surface area contributed by atoms with Gasteiger partial charge in [-0.15, -0.1) is 0 Å². The monoisotopic (exact) mass is 353 g/mol. The van der Waals surface area contributed by atoms with E-state index in [-0.39, 0.29) is 13.0 Å². The van der Waals surface area contributed by atoms with Crippen LogP contribution in [0.1, 0.15) is 32.8 Å². The maximum Gasteiger partial charge on any atom is 0.411 e. The average molecular weight is 353 g/mol. The van der Waals surface area contributed by atoms with Crippen molar-refractivity contribution in [1.82, 2.24) is 4.90 Å². The maximum atomic E-state index is 14.6. The summed E-state index contributed by atoms with van der Waals surface area (Å²) in [6.07, 6.45) is -1.13. The minimum Gasteiger partial charge on any atom is -0.459 e. The Bertz CT molecular complexity index is 616. The van der Waals surface area contributed by atoms with Gasteiger partial charge in [0.05, 0.1) is 13.2 Å². The SMILES string of the molecule is CC(C)(C)OC(=O)N1C[C@](F)(CO)C[C@H]1C(=O)OCc1ccccc1. The Morgan fingerprint density at radius 2 is 1.96 bits per heavy atom. The van der Waals surface area contributed by atoms with Gasteiger partial charge in [0.25, 0.3) is 0 Å². The molecule has 6 nitrogen and oxygen atoms in total.